The van der Waals surface area contributed by atoms with Gasteiger partial charge in [-0.15, -0.1) is 0 Å². The minimum Gasteiger partial charge on any atom is -0.347 e. The number of hydrogen-bond donors (Lipinski definition) is 1. The predicted octanol–water partition coefficient (Wildman–Crippen LogP) is 0.490. The number of hydrogen-bond acceptors (Lipinski definition) is 2. The van der Waals surface area contributed by atoms with Gasteiger partial charge in [-0.05, 0) is 13.3 Å². The van der Waals surface area contributed by atoms with Gasteiger partial charge in [0.25, 0.3) is 5.91 Å². The van der Waals surface area contributed by atoms with E-state index in [1.807, 2.05) is 13.8 Å². The third-order valence-electron chi connectivity index (χ3n) is 1.31. The molecule has 10 heavy (non-hydrogen) atoms. The smallest absolute Gasteiger partial charge is 0.287 e. The molecule has 0 radical (unpaired) electrons. The number of ketones is 1. The van der Waals surface area contributed by atoms with Crippen molar-refractivity contribution in [2.45, 2.75) is 33.2 Å². The Bertz CT molecular complexity index is 143. The monoisotopic (exact) mass is 143 g/mol. The fourth-order valence-electron chi connectivity index (χ4n) is 0.427. The van der Waals surface area contributed by atoms with Crippen LogP contribution in [-0.4, -0.2) is 17.7 Å². The zero-order chi connectivity index (χ0) is 8.15. The second-order valence-corrected chi connectivity index (χ2v) is 2.34. The van der Waals surface area contributed by atoms with Gasteiger partial charge < -0.3 is 5.32 Å². The van der Waals surface area contributed by atoms with Crippen LogP contribution in [0.2, 0.25) is 0 Å². The van der Waals surface area contributed by atoms with Crippen LogP contribution in [0.5, 0.6) is 0 Å². The van der Waals surface area contributed by atoms with Crippen LogP contribution in [0.4, 0.5) is 0 Å². The summed E-state index contributed by atoms with van der Waals surface area (Å²) in [5.74, 6) is -0.922. The summed E-state index contributed by atoms with van der Waals surface area (Å²) in [6, 6.07) is 0.0939. The Morgan fingerprint density at radius 1 is 1.50 bits per heavy atom. The van der Waals surface area contributed by atoms with Crippen molar-refractivity contribution in [3.05, 3.63) is 0 Å². The van der Waals surface area contributed by atoms with E-state index < -0.39 is 11.7 Å². The van der Waals surface area contributed by atoms with Gasteiger partial charge in [0.05, 0.1) is 0 Å². The number of carbonyl (C=O) groups is 2. The minimum atomic E-state index is -0.491. The van der Waals surface area contributed by atoms with Crippen LogP contribution in [0.1, 0.15) is 27.2 Å². The third kappa shape index (κ3) is 3.22. The summed E-state index contributed by atoms with van der Waals surface area (Å²) in [7, 11) is 0. The van der Waals surface area contributed by atoms with Crippen LogP contribution >= 0.6 is 0 Å². The van der Waals surface area contributed by atoms with Gasteiger partial charge in [-0.25, -0.2) is 0 Å². The Balaban J connectivity index is 3.68. The third-order valence-corrected chi connectivity index (χ3v) is 1.31. The van der Waals surface area contributed by atoms with Gasteiger partial charge in [0.1, 0.15) is 0 Å². The summed E-state index contributed by atoms with van der Waals surface area (Å²) >= 11 is 0. The molecule has 0 bridgehead atoms. The lowest BCUT2D eigenvalue weighted by Gasteiger charge is -2.08. The van der Waals surface area contributed by atoms with Crippen LogP contribution < -0.4 is 5.32 Å². The first kappa shape index (κ1) is 9.14. The fourth-order valence-corrected chi connectivity index (χ4v) is 0.427. The van der Waals surface area contributed by atoms with Crippen LogP contribution in [0, 0.1) is 0 Å². The molecule has 0 fully saturated rings. The average molecular weight is 143 g/mol. The Labute approximate surface area is 60.8 Å². The van der Waals surface area contributed by atoms with E-state index in [9.17, 15) is 9.59 Å². The SMILES string of the molecule is CCC(C)NC(=O)C(C)=O. The molecule has 1 atom stereocenters. The normalized spacial score (nSPS) is 12.3. The van der Waals surface area contributed by atoms with E-state index in [4.69, 9.17) is 0 Å². The molecule has 1 N–H and O–H groups in total. The van der Waals surface area contributed by atoms with Crippen LogP contribution in [0.15, 0.2) is 0 Å². The summed E-state index contributed by atoms with van der Waals surface area (Å²) in [6.07, 6.45) is 0.846. The van der Waals surface area contributed by atoms with Gasteiger partial charge >= 0.3 is 0 Å². The second kappa shape index (κ2) is 4.04. The van der Waals surface area contributed by atoms with E-state index in [2.05, 4.69) is 5.32 Å². The van der Waals surface area contributed by atoms with E-state index >= 15 is 0 Å². The zero-order valence-electron chi connectivity index (χ0n) is 6.60. The molecule has 3 heteroatoms. The first-order valence-corrected chi connectivity index (χ1v) is 3.39. The van der Waals surface area contributed by atoms with Gasteiger partial charge in [-0.2, -0.15) is 0 Å². The first-order chi connectivity index (χ1) is 4.57. The maximum atomic E-state index is 10.7. The molecule has 0 aliphatic carbocycles. The zero-order valence-corrected chi connectivity index (χ0v) is 6.60. The van der Waals surface area contributed by atoms with Crippen molar-refractivity contribution in [2.24, 2.45) is 0 Å². The lowest BCUT2D eigenvalue weighted by molar-refractivity contribution is -0.137. The molecular formula is C7H13NO2. The molecule has 0 heterocycles. The van der Waals surface area contributed by atoms with Crippen LogP contribution in [0.3, 0.4) is 0 Å². The molecular weight excluding hydrogens is 130 g/mol. The van der Waals surface area contributed by atoms with E-state index in [1.165, 1.54) is 6.92 Å². The Morgan fingerprint density at radius 3 is 2.30 bits per heavy atom. The molecule has 58 valence electrons. The summed E-state index contributed by atoms with van der Waals surface area (Å²) in [4.78, 5) is 21.0. The van der Waals surface area contributed by atoms with Crippen molar-refractivity contribution in [3.8, 4) is 0 Å². The molecule has 0 saturated heterocycles. The van der Waals surface area contributed by atoms with Crippen molar-refractivity contribution < 1.29 is 9.59 Å². The highest BCUT2D eigenvalue weighted by Crippen LogP contribution is 1.86. The topological polar surface area (TPSA) is 46.2 Å². The minimum absolute atomic E-state index is 0.0939. The molecule has 0 rings (SSSR count). The van der Waals surface area contributed by atoms with Gasteiger partial charge in [0.15, 0.2) is 0 Å². The van der Waals surface area contributed by atoms with E-state index in [0.29, 0.717) is 0 Å². The molecule has 0 aliphatic rings. The molecule has 0 aliphatic heterocycles. The summed E-state index contributed by atoms with van der Waals surface area (Å²) in [5, 5.41) is 2.54. The highest BCUT2D eigenvalue weighted by Gasteiger charge is 2.08. The van der Waals surface area contributed by atoms with Gasteiger partial charge in [-0.3, -0.25) is 9.59 Å². The molecule has 0 saturated carbocycles. The van der Waals surface area contributed by atoms with Gasteiger partial charge in [0.2, 0.25) is 5.78 Å². The van der Waals surface area contributed by atoms with Crippen LogP contribution in [-0.2, 0) is 9.59 Å². The average Bonchev–Trinajstić information content (AvgIpc) is 1.87. The molecule has 3 nitrogen and oxygen atoms in total. The molecule has 0 aromatic carbocycles. The lowest BCUT2D eigenvalue weighted by Crippen LogP contribution is -2.35. The molecule has 1 unspecified atom stereocenters. The summed E-state index contributed by atoms with van der Waals surface area (Å²) < 4.78 is 0. The summed E-state index contributed by atoms with van der Waals surface area (Å²) in [6.45, 7) is 5.07. The quantitative estimate of drug-likeness (QED) is 0.584. The summed E-state index contributed by atoms with van der Waals surface area (Å²) in [5.41, 5.74) is 0. The van der Waals surface area contributed by atoms with Crippen molar-refractivity contribution in [3.63, 3.8) is 0 Å². The van der Waals surface area contributed by atoms with Crippen molar-refractivity contribution in [1.82, 2.24) is 5.32 Å². The maximum Gasteiger partial charge on any atom is 0.287 e. The predicted molar refractivity (Wildman–Crippen MR) is 38.6 cm³/mol. The van der Waals surface area contributed by atoms with Crippen LogP contribution in [0.25, 0.3) is 0 Å². The fraction of sp³-hybridized carbons (Fsp3) is 0.714. The van der Waals surface area contributed by atoms with Crippen molar-refractivity contribution >= 4 is 11.7 Å². The highest BCUT2D eigenvalue weighted by molar-refractivity contribution is 6.35. The van der Waals surface area contributed by atoms with Crippen molar-refractivity contribution in [2.75, 3.05) is 0 Å². The number of carbonyl (C=O) groups excluding carboxylic acids is 2. The maximum absolute atomic E-state index is 10.7. The molecule has 0 aromatic heterocycles. The van der Waals surface area contributed by atoms with Gasteiger partial charge in [0, 0.05) is 13.0 Å². The number of nitrogens with one attached hydrogen (secondary N) is 1. The van der Waals surface area contributed by atoms with E-state index in [-0.39, 0.29) is 6.04 Å². The standard InChI is InChI=1S/C7H13NO2/c1-4-5(2)8-7(10)6(3)9/h5H,4H2,1-3H3,(H,8,10). The van der Waals surface area contributed by atoms with E-state index in [0.717, 1.165) is 6.42 Å². The molecule has 0 spiro atoms. The Morgan fingerprint density at radius 2 is 2.00 bits per heavy atom. The molecule has 1 amide bonds. The second-order valence-electron chi connectivity index (χ2n) is 2.34. The largest absolute Gasteiger partial charge is 0.347 e. The Kier molecular flexibility index (Phi) is 3.69. The first-order valence-electron chi connectivity index (χ1n) is 3.39. The highest BCUT2D eigenvalue weighted by atomic mass is 16.2. The lowest BCUT2D eigenvalue weighted by atomic mass is 10.2. The molecule has 0 aromatic rings. The Hall–Kier alpha value is -0.860. The number of rotatable bonds is 3. The number of Topliss-reactive ketones (excluding diaryl/α,β-unsaturated/α-hetero) is 1. The van der Waals surface area contributed by atoms with Crippen molar-refractivity contribution in [1.29, 1.82) is 0 Å². The number of amides is 1. The van der Waals surface area contributed by atoms with E-state index in [1.54, 1.807) is 0 Å². The van der Waals surface area contributed by atoms with Gasteiger partial charge in [-0.1, -0.05) is 6.92 Å².